The van der Waals surface area contributed by atoms with Crippen LogP contribution in [0.15, 0.2) is 36.8 Å². The van der Waals surface area contributed by atoms with E-state index in [9.17, 15) is 0 Å². The molecule has 2 aromatic heterocycles. The number of aromatic nitrogens is 2. The highest BCUT2D eigenvalue weighted by Crippen LogP contribution is 2.19. The van der Waals surface area contributed by atoms with E-state index in [0.717, 1.165) is 17.7 Å². The molecular weight excluding hydrogens is 290 g/mol. The van der Waals surface area contributed by atoms with Crippen molar-refractivity contribution in [2.75, 3.05) is 11.9 Å². The summed E-state index contributed by atoms with van der Waals surface area (Å²) in [6, 6.07) is 6.19. The molecule has 2 aromatic rings. The van der Waals surface area contributed by atoms with Crippen LogP contribution >= 0.6 is 15.9 Å². The van der Waals surface area contributed by atoms with Crippen LogP contribution in [0.3, 0.4) is 0 Å². The minimum atomic E-state index is 0.815. The van der Waals surface area contributed by atoms with E-state index in [4.69, 9.17) is 0 Å². The summed E-state index contributed by atoms with van der Waals surface area (Å²) >= 11 is 3.45. The first kappa shape index (κ1) is 13.0. The zero-order chi connectivity index (χ0) is 13.0. The van der Waals surface area contributed by atoms with Gasteiger partial charge in [0, 0.05) is 37.5 Å². The Morgan fingerprint density at radius 2 is 2.11 bits per heavy atom. The van der Waals surface area contributed by atoms with Crippen LogP contribution in [0.4, 0.5) is 5.82 Å². The number of nitrogens with zero attached hydrogens (tertiary/aromatic N) is 3. The molecule has 0 saturated carbocycles. The topological polar surface area (TPSA) is 29.0 Å². The Morgan fingerprint density at radius 3 is 2.72 bits per heavy atom. The fraction of sp³-hybridized carbons (Fsp3) is 0.286. The molecule has 0 N–H and O–H groups in total. The molecule has 0 atom stereocenters. The van der Waals surface area contributed by atoms with Crippen LogP contribution in [0.2, 0.25) is 0 Å². The van der Waals surface area contributed by atoms with Crippen LogP contribution in [0.1, 0.15) is 16.7 Å². The van der Waals surface area contributed by atoms with E-state index in [2.05, 4.69) is 56.9 Å². The average molecular weight is 306 g/mol. The minimum Gasteiger partial charge on any atom is -0.355 e. The molecule has 0 fully saturated rings. The largest absolute Gasteiger partial charge is 0.355 e. The first-order chi connectivity index (χ1) is 8.70. The van der Waals surface area contributed by atoms with Crippen molar-refractivity contribution in [3.63, 3.8) is 0 Å². The SMILES string of the molecule is Cc1cc(CBr)cnc1N(C)Cc1cccnc1. The Balaban J connectivity index is 2.16. The van der Waals surface area contributed by atoms with Gasteiger partial charge >= 0.3 is 0 Å². The third-order valence-corrected chi connectivity index (χ3v) is 3.41. The highest BCUT2D eigenvalue weighted by molar-refractivity contribution is 9.08. The van der Waals surface area contributed by atoms with Gasteiger partial charge in [-0.15, -0.1) is 0 Å². The molecule has 94 valence electrons. The number of hydrogen-bond acceptors (Lipinski definition) is 3. The molecule has 0 unspecified atom stereocenters. The van der Waals surface area contributed by atoms with Crippen LogP contribution in [0.5, 0.6) is 0 Å². The van der Waals surface area contributed by atoms with Crippen molar-refractivity contribution >= 4 is 21.7 Å². The quantitative estimate of drug-likeness (QED) is 0.812. The highest BCUT2D eigenvalue weighted by atomic mass is 79.9. The van der Waals surface area contributed by atoms with Crippen molar-refractivity contribution in [2.24, 2.45) is 0 Å². The molecule has 2 heterocycles. The van der Waals surface area contributed by atoms with Crippen molar-refractivity contribution in [1.82, 2.24) is 9.97 Å². The molecule has 0 aromatic carbocycles. The third kappa shape index (κ3) is 3.07. The van der Waals surface area contributed by atoms with Crippen LogP contribution in [0, 0.1) is 6.92 Å². The fourth-order valence-corrected chi connectivity index (χ4v) is 2.25. The monoisotopic (exact) mass is 305 g/mol. The van der Waals surface area contributed by atoms with Crippen molar-refractivity contribution in [3.05, 3.63) is 53.5 Å². The molecule has 2 rings (SSSR count). The predicted octanol–water partition coefficient (Wildman–Crippen LogP) is 3.32. The Bertz CT molecular complexity index is 514. The van der Waals surface area contributed by atoms with Gasteiger partial charge in [-0.3, -0.25) is 4.98 Å². The van der Waals surface area contributed by atoms with E-state index in [0.29, 0.717) is 0 Å². The lowest BCUT2D eigenvalue weighted by Crippen LogP contribution is -2.19. The summed E-state index contributed by atoms with van der Waals surface area (Å²) in [5, 5.41) is 0.841. The molecule has 3 nitrogen and oxygen atoms in total. The molecule has 4 heteroatoms. The smallest absolute Gasteiger partial charge is 0.131 e. The summed E-state index contributed by atoms with van der Waals surface area (Å²) in [5.74, 6) is 1.02. The molecule has 18 heavy (non-hydrogen) atoms. The average Bonchev–Trinajstić information content (AvgIpc) is 2.39. The number of halogens is 1. The normalized spacial score (nSPS) is 10.4. The summed E-state index contributed by atoms with van der Waals surface area (Å²) in [4.78, 5) is 10.8. The van der Waals surface area contributed by atoms with Crippen molar-refractivity contribution < 1.29 is 0 Å². The standard InChI is InChI=1S/C14H16BrN3/c1-11-6-13(7-15)9-17-14(11)18(2)10-12-4-3-5-16-8-12/h3-6,8-9H,7,10H2,1-2H3. The molecule has 0 radical (unpaired) electrons. The first-order valence-electron chi connectivity index (χ1n) is 5.82. The molecule has 0 aliphatic carbocycles. The van der Waals surface area contributed by atoms with E-state index >= 15 is 0 Å². The fourth-order valence-electron chi connectivity index (χ4n) is 1.94. The Labute approximate surface area is 116 Å². The zero-order valence-corrected chi connectivity index (χ0v) is 12.2. The van der Waals surface area contributed by atoms with Gasteiger partial charge in [0.25, 0.3) is 0 Å². The zero-order valence-electron chi connectivity index (χ0n) is 10.6. The Morgan fingerprint density at radius 1 is 1.28 bits per heavy atom. The van der Waals surface area contributed by atoms with Crippen LogP contribution in [-0.2, 0) is 11.9 Å². The van der Waals surface area contributed by atoms with E-state index < -0.39 is 0 Å². The summed E-state index contributed by atoms with van der Waals surface area (Å²) in [7, 11) is 2.05. The van der Waals surface area contributed by atoms with Crippen molar-refractivity contribution in [2.45, 2.75) is 18.8 Å². The molecule has 0 amide bonds. The maximum Gasteiger partial charge on any atom is 0.131 e. The van der Waals surface area contributed by atoms with Gasteiger partial charge in [0.1, 0.15) is 5.82 Å². The molecule has 0 bridgehead atoms. The number of alkyl halides is 1. The molecule has 0 aliphatic rings. The van der Waals surface area contributed by atoms with Crippen molar-refractivity contribution in [1.29, 1.82) is 0 Å². The van der Waals surface area contributed by atoms with Gasteiger partial charge in [-0.25, -0.2) is 4.98 Å². The lowest BCUT2D eigenvalue weighted by molar-refractivity contribution is 0.883. The molecule has 0 aliphatic heterocycles. The van der Waals surface area contributed by atoms with Gasteiger partial charge in [0.15, 0.2) is 0 Å². The second-order valence-electron chi connectivity index (χ2n) is 4.34. The van der Waals surface area contributed by atoms with E-state index in [-0.39, 0.29) is 0 Å². The predicted molar refractivity (Wildman–Crippen MR) is 77.9 cm³/mol. The maximum absolute atomic E-state index is 4.52. The first-order valence-corrected chi connectivity index (χ1v) is 6.94. The molecule has 0 saturated heterocycles. The van der Waals surface area contributed by atoms with Crippen LogP contribution < -0.4 is 4.90 Å². The second kappa shape index (κ2) is 5.96. The van der Waals surface area contributed by atoms with Gasteiger partial charge in [-0.1, -0.05) is 28.1 Å². The van der Waals surface area contributed by atoms with Crippen LogP contribution in [0.25, 0.3) is 0 Å². The number of pyridine rings is 2. The number of anilines is 1. The van der Waals surface area contributed by atoms with E-state index in [1.54, 1.807) is 6.20 Å². The maximum atomic E-state index is 4.52. The van der Waals surface area contributed by atoms with Crippen LogP contribution in [-0.4, -0.2) is 17.0 Å². The number of rotatable bonds is 4. The van der Waals surface area contributed by atoms with E-state index in [1.807, 2.05) is 18.5 Å². The summed E-state index contributed by atoms with van der Waals surface area (Å²) in [6.07, 6.45) is 5.59. The summed E-state index contributed by atoms with van der Waals surface area (Å²) in [5.41, 5.74) is 3.58. The van der Waals surface area contributed by atoms with Gasteiger partial charge in [0.05, 0.1) is 0 Å². The molecular formula is C14H16BrN3. The lowest BCUT2D eigenvalue weighted by atomic mass is 10.2. The summed E-state index contributed by atoms with van der Waals surface area (Å²) in [6.45, 7) is 2.91. The highest BCUT2D eigenvalue weighted by Gasteiger charge is 2.07. The van der Waals surface area contributed by atoms with Gasteiger partial charge < -0.3 is 4.90 Å². The van der Waals surface area contributed by atoms with Crippen molar-refractivity contribution in [3.8, 4) is 0 Å². The Hall–Kier alpha value is -1.42. The minimum absolute atomic E-state index is 0.815. The van der Waals surface area contributed by atoms with E-state index in [1.165, 1.54) is 16.7 Å². The lowest BCUT2D eigenvalue weighted by Gasteiger charge is -2.20. The summed E-state index contributed by atoms with van der Waals surface area (Å²) < 4.78 is 0. The van der Waals surface area contributed by atoms with Gasteiger partial charge in [0.2, 0.25) is 0 Å². The number of hydrogen-bond donors (Lipinski definition) is 0. The third-order valence-electron chi connectivity index (χ3n) is 2.77. The number of aryl methyl sites for hydroxylation is 1. The van der Waals surface area contributed by atoms with Gasteiger partial charge in [-0.05, 0) is 29.7 Å². The molecule has 0 spiro atoms. The van der Waals surface area contributed by atoms with Gasteiger partial charge in [-0.2, -0.15) is 0 Å². The Kier molecular flexibility index (Phi) is 4.31. The second-order valence-corrected chi connectivity index (χ2v) is 4.90.